The number of carbonyl (C=O) groups excluding carboxylic acids is 1. The highest BCUT2D eigenvalue weighted by Gasteiger charge is 2.29. The lowest BCUT2D eigenvalue weighted by atomic mass is 9.79. The minimum absolute atomic E-state index is 0.269. The summed E-state index contributed by atoms with van der Waals surface area (Å²) in [4.78, 5) is 14.7. The predicted molar refractivity (Wildman–Crippen MR) is 87.2 cm³/mol. The molecule has 0 aliphatic heterocycles. The van der Waals surface area contributed by atoms with Gasteiger partial charge in [0, 0.05) is 24.4 Å². The maximum Gasteiger partial charge on any atom is 0.225 e. The van der Waals surface area contributed by atoms with Crippen LogP contribution < -0.4 is 0 Å². The molecule has 0 unspecified atom stereocenters. The van der Waals surface area contributed by atoms with E-state index in [4.69, 9.17) is 11.6 Å². The number of hydrogen-bond donors (Lipinski definition) is 0. The number of alkyl halides is 1. The summed E-state index contributed by atoms with van der Waals surface area (Å²) in [7, 11) is 0. The van der Waals surface area contributed by atoms with E-state index < -0.39 is 0 Å². The van der Waals surface area contributed by atoms with Crippen LogP contribution in [0.5, 0.6) is 0 Å². The Balaban J connectivity index is 2.43. The summed E-state index contributed by atoms with van der Waals surface area (Å²) in [5.74, 6) is 2.15. The Bertz CT molecular complexity index is 272. The van der Waals surface area contributed by atoms with Crippen molar-refractivity contribution in [2.75, 3.05) is 12.4 Å². The topological polar surface area (TPSA) is 20.3 Å². The molecule has 0 heterocycles. The van der Waals surface area contributed by atoms with Crippen LogP contribution in [0.15, 0.2) is 0 Å². The molecule has 1 aliphatic carbocycles. The molecule has 0 atom stereocenters. The Hall–Kier alpha value is -0.240. The molecule has 1 fully saturated rings. The van der Waals surface area contributed by atoms with Crippen molar-refractivity contribution < 1.29 is 4.79 Å². The molecule has 0 aromatic carbocycles. The number of halogens is 1. The van der Waals surface area contributed by atoms with Crippen molar-refractivity contribution in [2.45, 2.75) is 78.2 Å². The normalized spacial score (nSPS) is 23.1. The average Bonchev–Trinajstić information content (AvgIpc) is 2.45. The molecule has 0 aromatic rings. The van der Waals surface area contributed by atoms with Gasteiger partial charge in [-0.1, -0.05) is 26.2 Å². The van der Waals surface area contributed by atoms with E-state index in [-0.39, 0.29) is 5.92 Å². The first-order chi connectivity index (χ1) is 9.60. The van der Waals surface area contributed by atoms with Crippen LogP contribution >= 0.6 is 11.6 Å². The van der Waals surface area contributed by atoms with E-state index in [0.717, 1.165) is 31.7 Å². The van der Waals surface area contributed by atoms with E-state index in [0.29, 0.717) is 17.8 Å². The molecule has 118 valence electrons. The third-order valence-electron chi connectivity index (χ3n) is 4.60. The van der Waals surface area contributed by atoms with Crippen LogP contribution in [-0.2, 0) is 4.79 Å². The van der Waals surface area contributed by atoms with Crippen LogP contribution in [0.25, 0.3) is 0 Å². The first kappa shape index (κ1) is 17.8. The molecule has 1 saturated carbocycles. The minimum Gasteiger partial charge on any atom is -0.340 e. The zero-order valence-electron chi connectivity index (χ0n) is 13.5. The maximum absolute atomic E-state index is 12.6. The highest BCUT2D eigenvalue weighted by molar-refractivity contribution is 6.17. The number of unbranched alkanes of at least 4 members (excludes halogenated alkanes) is 1. The second kappa shape index (κ2) is 9.65. The smallest absolute Gasteiger partial charge is 0.225 e. The van der Waals surface area contributed by atoms with Gasteiger partial charge in [-0.3, -0.25) is 4.79 Å². The fourth-order valence-electron chi connectivity index (χ4n) is 3.28. The average molecular weight is 302 g/mol. The third kappa shape index (κ3) is 5.63. The molecule has 0 spiro atoms. The first-order valence-corrected chi connectivity index (χ1v) is 9.00. The van der Waals surface area contributed by atoms with E-state index in [9.17, 15) is 4.79 Å². The summed E-state index contributed by atoms with van der Waals surface area (Å²) in [6, 6.07) is 0.295. The molecule has 1 rings (SSSR count). The fraction of sp³-hybridized carbons (Fsp3) is 0.941. The lowest BCUT2D eigenvalue weighted by Crippen LogP contribution is -2.42. The van der Waals surface area contributed by atoms with Crippen LogP contribution in [0.2, 0.25) is 0 Å². The van der Waals surface area contributed by atoms with Crippen LogP contribution in [0.1, 0.15) is 72.1 Å². The van der Waals surface area contributed by atoms with Crippen LogP contribution in [-0.4, -0.2) is 29.3 Å². The van der Waals surface area contributed by atoms with Crippen molar-refractivity contribution in [3.63, 3.8) is 0 Å². The number of hydrogen-bond acceptors (Lipinski definition) is 1. The van der Waals surface area contributed by atoms with Crippen LogP contribution in [0.3, 0.4) is 0 Å². The number of rotatable bonds is 8. The Morgan fingerprint density at radius 1 is 1.20 bits per heavy atom. The highest BCUT2D eigenvalue weighted by atomic mass is 35.5. The van der Waals surface area contributed by atoms with Gasteiger partial charge in [-0.25, -0.2) is 0 Å². The van der Waals surface area contributed by atoms with E-state index >= 15 is 0 Å². The molecule has 0 aromatic heterocycles. The van der Waals surface area contributed by atoms with Gasteiger partial charge in [-0.2, -0.15) is 0 Å². The van der Waals surface area contributed by atoms with E-state index in [1.54, 1.807) is 0 Å². The van der Waals surface area contributed by atoms with E-state index in [1.165, 1.54) is 32.1 Å². The van der Waals surface area contributed by atoms with Gasteiger partial charge in [0.15, 0.2) is 0 Å². The SMILES string of the molecule is CCCCC1CCC(C(=O)N(CCCCl)C(C)C)CC1. The third-order valence-corrected chi connectivity index (χ3v) is 4.87. The van der Waals surface area contributed by atoms with E-state index in [1.807, 2.05) is 4.90 Å². The first-order valence-electron chi connectivity index (χ1n) is 8.46. The maximum atomic E-state index is 12.6. The molecular formula is C17H32ClNO. The van der Waals surface area contributed by atoms with Crippen molar-refractivity contribution >= 4 is 17.5 Å². The second-order valence-corrected chi connectivity index (χ2v) is 6.91. The molecule has 1 aliphatic rings. The molecule has 3 heteroatoms. The van der Waals surface area contributed by atoms with Gasteiger partial charge in [-0.05, 0) is 51.9 Å². The van der Waals surface area contributed by atoms with Gasteiger partial charge in [0.05, 0.1) is 0 Å². The Morgan fingerprint density at radius 3 is 2.35 bits per heavy atom. The molecular weight excluding hydrogens is 270 g/mol. The summed E-state index contributed by atoms with van der Waals surface area (Å²) in [5, 5.41) is 0. The largest absolute Gasteiger partial charge is 0.340 e. The van der Waals surface area contributed by atoms with Gasteiger partial charge < -0.3 is 4.90 Å². The second-order valence-electron chi connectivity index (χ2n) is 6.53. The monoisotopic (exact) mass is 301 g/mol. The molecule has 20 heavy (non-hydrogen) atoms. The zero-order chi connectivity index (χ0) is 15.0. The minimum atomic E-state index is 0.269. The molecule has 0 N–H and O–H groups in total. The summed E-state index contributed by atoms with van der Waals surface area (Å²) < 4.78 is 0. The predicted octanol–water partition coefficient (Wildman–Crippen LogP) is 4.85. The van der Waals surface area contributed by atoms with Crippen molar-refractivity contribution in [1.82, 2.24) is 4.90 Å². The lowest BCUT2D eigenvalue weighted by Gasteiger charge is -2.34. The van der Waals surface area contributed by atoms with Crippen molar-refractivity contribution in [1.29, 1.82) is 0 Å². The number of amides is 1. The van der Waals surface area contributed by atoms with Gasteiger partial charge in [0.2, 0.25) is 5.91 Å². The molecule has 1 amide bonds. The Morgan fingerprint density at radius 2 is 1.85 bits per heavy atom. The molecule has 2 nitrogen and oxygen atoms in total. The lowest BCUT2D eigenvalue weighted by molar-refractivity contribution is -0.138. The number of nitrogens with zero attached hydrogens (tertiary/aromatic N) is 1. The van der Waals surface area contributed by atoms with Gasteiger partial charge >= 0.3 is 0 Å². The van der Waals surface area contributed by atoms with Crippen LogP contribution in [0.4, 0.5) is 0 Å². The summed E-state index contributed by atoms with van der Waals surface area (Å²) in [5.41, 5.74) is 0. The Labute approximate surface area is 130 Å². The standard InChI is InChI=1S/C17H32ClNO/c1-4-5-7-15-8-10-16(11-9-15)17(20)19(14(2)3)13-6-12-18/h14-16H,4-13H2,1-3H3. The Kier molecular flexibility index (Phi) is 8.60. The van der Waals surface area contributed by atoms with Crippen molar-refractivity contribution in [3.05, 3.63) is 0 Å². The van der Waals surface area contributed by atoms with Crippen molar-refractivity contribution in [3.8, 4) is 0 Å². The van der Waals surface area contributed by atoms with Crippen molar-refractivity contribution in [2.24, 2.45) is 11.8 Å². The fourth-order valence-corrected chi connectivity index (χ4v) is 3.40. The zero-order valence-corrected chi connectivity index (χ0v) is 14.3. The number of carbonyl (C=O) groups is 1. The van der Waals surface area contributed by atoms with Crippen LogP contribution in [0, 0.1) is 11.8 Å². The summed E-state index contributed by atoms with van der Waals surface area (Å²) in [6.07, 6.45) is 9.58. The van der Waals surface area contributed by atoms with E-state index in [2.05, 4.69) is 20.8 Å². The van der Waals surface area contributed by atoms with Gasteiger partial charge in [0.1, 0.15) is 0 Å². The summed E-state index contributed by atoms with van der Waals surface area (Å²) >= 11 is 5.77. The van der Waals surface area contributed by atoms with Gasteiger partial charge in [-0.15, -0.1) is 11.6 Å². The molecule has 0 bridgehead atoms. The quantitative estimate of drug-likeness (QED) is 0.587. The highest BCUT2D eigenvalue weighted by Crippen LogP contribution is 2.33. The molecule has 0 radical (unpaired) electrons. The van der Waals surface area contributed by atoms with Gasteiger partial charge in [0.25, 0.3) is 0 Å². The molecule has 0 saturated heterocycles. The summed E-state index contributed by atoms with van der Waals surface area (Å²) in [6.45, 7) is 7.29.